The summed E-state index contributed by atoms with van der Waals surface area (Å²) in [6.07, 6.45) is 1.06. The van der Waals surface area contributed by atoms with Crippen LogP contribution in [0.4, 0.5) is 11.4 Å². The van der Waals surface area contributed by atoms with Crippen LogP contribution in [0, 0.1) is 5.92 Å². The number of nitrogens with one attached hydrogen (secondary N) is 1. The molecule has 88 valence electrons. The van der Waals surface area contributed by atoms with E-state index in [0.717, 1.165) is 18.7 Å². The molecule has 0 atom stereocenters. The molecular weight excluding hydrogens is 204 g/mol. The van der Waals surface area contributed by atoms with E-state index in [0.29, 0.717) is 11.6 Å². The summed E-state index contributed by atoms with van der Waals surface area (Å²) >= 11 is 0. The molecule has 1 rings (SSSR count). The normalized spacial score (nSPS) is 10.4. The number of rotatable bonds is 5. The fourth-order valence-corrected chi connectivity index (χ4v) is 1.35. The molecule has 0 spiro atoms. The molecular formula is C12H18N2O2. The molecule has 0 heterocycles. The van der Waals surface area contributed by atoms with Gasteiger partial charge in [0.15, 0.2) is 0 Å². The molecule has 0 aromatic heterocycles. The minimum absolute atomic E-state index is 0.215. The van der Waals surface area contributed by atoms with Crippen LogP contribution >= 0.6 is 0 Å². The SMILES string of the molecule is CC(C)CCNc1ccc(C(=O)O)cc1N. The van der Waals surface area contributed by atoms with Crippen LogP contribution in [0.3, 0.4) is 0 Å². The molecule has 0 aliphatic heterocycles. The van der Waals surface area contributed by atoms with Gasteiger partial charge in [-0.25, -0.2) is 4.79 Å². The van der Waals surface area contributed by atoms with Crippen LogP contribution in [-0.2, 0) is 0 Å². The van der Waals surface area contributed by atoms with E-state index in [4.69, 9.17) is 10.8 Å². The summed E-state index contributed by atoms with van der Waals surface area (Å²) in [5.74, 6) is -0.326. The Morgan fingerprint density at radius 3 is 2.69 bits per heavy atom. The van der Waals surface area contributed by atoms with E-state index in [1.807, 2.05) is 0 Å². The van der Waals surface area contributed by atoms with Crippen molar-refractivity contribution in [1.82, 2.24) is 0 Å². The standard InChI is InChI=1S/C12H18N2O2/c1-8(2)5-6-14-11-4-3-9(12(15)16)7-10(11)13/h3-4,7-8,14H,5-6,13H2,1-2H3,(H,15,16). The highest BCUT2D eigenvalue weighted by molar-refractivity contribution is 5.90. The quantitative estimate of drug-likeness (QED) is 0.669. The lowest BCUT2D eigenvalue weighted by Gasteiger charge is -2.11. The van der Waals surface area contributed by atoms with Gasteiger partial charge < -0.3 is 16.2 Å². The van der Waals surface area contributed by atoms with E-state index in [9.17, 15) is 4.79 Å². The molecule has 0 unspecified atom stereocenters. The Morgan fingerprint density at radius 2 is 2.19 bits per heavy atom. The molecule has 0 bridgehead atoms. The molecule has 0 fully saturated rings. The topological polar surface area (TPSA) is 75.3 Å². The van der Waals surface area contributed by atoms with Crippen molar-refractivity contribution in [2.75, 3.05) is 17.6 Å². The first-order valence-corrected chi connectivity index (χ1v) is 5.37. The van der Waals surface area contributed by atoms with Crippen molar-refractivity contribution in [2.24, 2.45) is 5.92 Å². The highest BCUT2D eigenvalue weighted by Crippen LogP contribution is 2.20. The molecule has 1 aromatic carbocycles. The third-order valence-electron chi connectivity index (χ3n) is 2.34. The smallest absolute Gasteiger partial charge is 0.335 e. The fourth-order valence-electron chi connectivity index (χ4n) is 1.35. The Bertz CT molecular complexity index is 375. The zero-order chi connectivity index (χ0) is 12.1. The summed E-state index contributed by atoms with van der Waals surface area (Å²) in [7, 11) is 0. The Morgan fingerprint density at radius 1 is 1.50 bits per heavy atom. The average molecular weight is 222 g/mol. The number of carbonyl (C=O) groups is 1. The van der Waals surface area contributed by atoms with E-state index in [1.54, 1.807) is 12.1 Å². The predicted molar refractivity (Wildman–Crippen MR) is 65.8 cm³/mol. The van der Waals surface area contributed by atoms with Crippen molar-refractivity contribution in [3.8, 4) is 0 Å². The third-order valence-corrected chi connectivity index (χ3v) is 2.34. The molecule has 16 heavy (non-hydrogen) atoms. The summed E-state index contributed by atoms with van der Waals surface area (Å²) in [5, 5.41) is 12.0. The number of anilines is 2. The summed E-state index contributed by atoms with van der Waals surface area (Å²) in [5.41, 5.74) is 7.24. The highest BCUT2D eigenvalue weighted by Gasteiger charge is 2.05. The van der Waals surface area contributed by atoms with Gasteiger partial charge in [-0.1, -0.05) is 13.8 Å². The van der Waals surface area contributed by atoms with Gasteiger partial charge in [-0.2, -0.15) is 0 Å². The first-order chi connectivity index (χ1) is 7.50. The van der Waals surface area contributed by atoms with Gasteiger partial charge in [0.05, 0.1) is 16.9 Å². The van der Waals surface area contributed by atoms with Crippen LogP contribution in [-0.4, -0.2) is 17.6 Å². The van der Waals surface area contributed by atoms with Gasteiger partial charge in [0.2, 0.25) is 0 Å². The molecule has 0 saturated carbocycles. The van der Waals surface area contributed by atoms with E-state index in [2.05, 4.69) is 19.2 Å². The number of hydrogen-bond acceptors (Lipinski definition) is 3. The second-order valence-electron chi connectivity index (χ2n) is 4.22. The second-order valence-corrected chi connectivity index (χ2v) is 4.22. The summed E-state index contributed by atoms with van der Waals surface area (Å²) in [6, 6.07) is 4.73. The number of carboxylic acid groups (broad SMARTS) is 1. The van der Waals surface area contributed by atoms with Gasteiger partial charge in [-0.15, -0.1) is 0 Å². The molecule has 4 nitrogen and oxygen atoms in total. The van der Waals surface area contributed by atoms with E-state index < -0.39 is 5.97 Å². The first-order valence-electron chi connectivity index (χ1n) is 5.37. The Kier molecular flexibility index (Phi) is 4.17. The lowest BCUT2D eigenvalue weighted by Crippen LogP contribution is -2.07. The van der Waals surface area contributed by atoms with Crippen LogP contribution in [0.2, 0.25) is 0 Å². The van der Waals surface area contributed by atoms with Crippen molar-refractivity contribution >= 4 is 17.3 Å². The van der Waals surface area contributed by atoms with Crippen molar-refractivity contribution in [3.63, 3.8) is 0 Å². The zero-order valence-electron chi connectivity index (χ0n) is 9.66. The molecule has 0 radical (unpaired) electrons. The van der Waals surface area contributed by atoms with Crippen LogP contribution in [0.5, 0.6) is 0 Å². The van der Waals surface area contributed by atoms with E-state index in [-0.39, 0.29) is 5.56 Å². The largest absolute Gasteiger partial charge is 0.478 e. The van der Waals surface area contributed by atoms with Gasteiger partial charge in [-0.05, 0) is 30.5 Å². The Hall–Kier alpha value is -1.71. The fraction of sp³-hybridized carbons (Fsp3) is 0.417. The maximum atomic E-state index is 10.7. The van der Waals surface area contributed by atoms with Crippen LogP contribution in [0.15, 0.2) is 18.2 Å². The Balaban J connectivity index is 2.64. The predicted octanol–water partition coefficient (Wildman–Crippen LogP) is 2.43. The number of aromatic carboxylic acids is 1. The molecule has 0 aliphatic rings. The average Bonchev–Trinajstić information content (AvgIpc) is 2.19. The van der Waals surface area contributed by atoms with Gasteiger partial charge in [0, 0.05) is 6.54 Å². The molecule has 1 aromatic rings. The summed E-state index contributed by atoms with van der Waals surface area (Å²) < 4.78 is 0. The molecule has 4 N–H and O–H groups in total. The number of nitrogens with two attached hydrogens (primary N) is 1. The maximum absolute atomic E-state index is 10.7. The van der Waals surface area contributed by atoms with E-state index in [1.165, 1.54) is 6.07 Å². The number of carboxylic acids is 1. The molecule has 0 aliphatic carbocycles. The van der Waals surface area contributed by atoms with Gasteiger partial charge in [0.25, 0.3) is 0 Å². The zero-order valence-corrected chi connectivity index (χ0v) is 9.66. The second kappa shape index (κ2) is 5.39. The van der Waals surface area contributed by atoms with Gasteiger partial charge in [-0.3, -0.25) is 0 Å². The molecule has 0 amide bonds. The van der Waals surface area contributed by atoms with Gasteiger partial charge >= 0.3 is 5.97 Å². The monoisotopic (exact) mass is 222 g/mol. The number of hydrogen-bond donors (Lipinski definition) is 3. The maximum Gasteiger partial charge on any atom is 0.335 e. The van der Waals surface area contributed by atoms with Crippen molar-refractivity contribution in [2.45, 2.75) is 20.3 Å². The first kappa shape index (κ1) is 12.4. The third kappa shape index (κ3) is 3.46. The minimum atomic E-state index is -0.958. The van der Waals surface area contributed by atoms with Crippen LogP contribution in [0.1, 0.15) is 30.6 Å². The van der Waals surface area contributed by atoms with E-state index >= 15 is 0 Å². The lowest BCUT2D eigenvalue weighted by molar-refractivity contribution is 0.0697. The van der Waals surface area contributed by atoms with Crippen LogP contribution < -0.4 is 11.1 Å². The van der Waals surface area contributed by atoms with Crippen molar-refractivity contribution < 1.29 is 9.90 Å². The van der Waals surface area contributed by atoms with Crippen molar-refractivity contribution in [3.05, 3.63) is 23.8 Å². The number of benzene rings is 1. The molecule has 0 saturated heterocycles. The van der Waals surface area contributed by atoms with Crippen LogP contribution in [0.25, 0.3) is 0 Å². The minimum Gasteiger partial charge on any atom is -0.478 e. The molecule has 4 heteroatoms. The Labute approximate surface area is 95.5 Å². The summed E-state index contributed by atoms with van der Waals surface area (Å²) in [4.78, 5) is 10.7. The van der Waals surface area contributed by atoms with Crippen molar-refractivity contribution in [1.29, 1.82) is 0 Å². The number of nitrogen functional groups attached to an aromatic ring is 1. The highest BCUT2D eigenvalue weighted by atomic mass is 16.4. The summed E-state index contributed by atoms with van der Waals surface area (Å²) in [6.45, 7) is 5.14. The van der Waals surface area contributed by atoms with Gasteiger partial charge in [0.1, 0.15) is 0 Å². The lowest BCUT2D eigenvalue weighted by atomic mass is 10.1.